The molecule has 0 aliphatic carbocycles. The standard InChI is InChI=1S/C4H2BrIN2/c5-3-1-7-2-8-4(3)6/h1-2H. The second-order valence-corrected chi connectivity index (χ2v) is 3.04. The first-order chi connectivity index (χ1) is 3.80. The number of rotatable bonds is 0. The topological polar surface area (TPSA) is 25.8 Å². The Labute approximate surface area is 69.0 Å². The third kappa shape index (κ3) is 1.38. The Balaban J connectivity index is 3.13. The fourth-order valence-electron chi connectivity index (χ4n) is 0.298. The van der Waals surface area contributed by atoms with Crippen LogP contribution < -0.4 is 0 Å². The van der Waals surface area contributed by atoms with Crippen LogP contribution in [0.4, 0.5) is 0 Å². The molecule has 0 aliphatic heterocycles. The summed E-state index contributed by atoms with van der Waals surface area (Å²) in [5.41, 5.74) is 0. The molecule has 1 aromatic rings. The second kappa shape index (κ2) is 2.72. The van der Waals surface area contributed by atoms with E-state index < -0.39 is 0 Å². The molecule has 0 saturated heterocycles. The normalized spacial score (nSPS) is 9.25. The van der Waals surface area contributed by atoms with Crippen LogP contribution >= 0.6 is 38.5 Å². The summed E-state index contributed by atoms with van der Waals surface area (Å²) in [6.45, 7) is 0. The Morgan fingerprint density at radius 2 is 2.38 bits per heavy atom. The van der Waals surface area contributed by atoms with Crippen molar-refractivity contribution in [2.75, 3.05) is 0 Å². The molecule has 4 heteroatoms. The molecule has 1 rings (SSSR count). The summed E-state index contributed by atoms with van der Waals surface area (Å²) in [4.78, 5) is 7.69. The zero-order chi connectivity index (χ0) is 5.98. The summed E-state index contributed by atoms with van der Waals surface area (Å²) >= 11 is 5.39. The minimum absolute atomic E-state index is 0.942. The number of nitrogens with zero attached hydrogens (tertiary/aromatic N) is 2. The number of halogens is 2. The molecule has 0 saturated carbocycles. The number of hydrogen-bond acceptors (Lipinski definition) is 2. The summed E-state index contributed by atoms with van der Waals surface area (Å²) < 4.78 is 1.89. The highest BCUT2D eigenvalue weighted by Gasteiger charge is 1.91. The summed E-state index contributed by atoms with van der Waals surface area (Å²) in [6.07, 6.45) is 3.24. The molecular weight excluding hydrogens is 283 g/mol. The molecule has 0 aliphatic rings. The van der Waals surface area contributed by atoms with Crippen LogP contribution in [0.25, 0.3) is 0 Å². The summed E-state index contributed by atoms with van der Waals surface area (Å²) in [5, 5.41) is 0. The maximum Gasteiger partial charge on any atom is 0.118 e. The van der Waals surface area contributed by atoms with E-state index in [1.54, 1.807) is 6.20 Å². The predicted molar refractivity (Wildman–Crippen MR) is 42.4 cm³/mol. The van der Waals surface area contributed by atoms with E-state index in [-0.39, 0.29) is 0 Å². The van der Waals surface area contributed by atoms with Gasteiger partial charge in [0.2, 0.25) is 0 Å². The van der Waals surface area contributed by atoms with Crippen molar-refractivity contribution >= 4 is 38.5 Å². The van der Waals surface area contributed by atoms with Gasteiger partial charge in [-0.1, -0.05) is 0 Å². The van der Waals surface area contributed by atoms with Crippen LogP contribution in [-0.2, 0) is 0 Å². The van der Waals surface area contributed by atoms with E-state index in [1.807, 2.05) is 0 Å². The van der Waals surface area contributed by atoms with Crippen LogP contribution in [0.2, 0.25) is 0 Å². The predicted octanol–water partition coefficient (Wildman–Crippen LogP) is 1.84. The van der Waals surface area contributed by atoms with Crippen molar-refractivity contribution in [1.29, 1.82) is 0 Å². The zero-order valence-electron chi connectivity index (χ0n) is 3.81. The van der Waals surface area contributed by atoms with E-state index in [0.717, 1.165) is 8.17 Å². The lowest BCUT2D eigenvalue weighted by atomic mass is 10.7. The molecule has 0 fully saturated rings. The van der Waals surface area contributed by atoms with Gasteiger partial charge in [0.15, 0.2) is 0 Å². The maximum atomic E-state index is 3.91. The van der Waals surface area contributed by atoms with E-state index in [1.165, 1.54) is 6.33 Å². The average Bonchev–Trinajstić information content (AvgIpc) is 1.77. The summed E-state index contributed by atoms with van der Waals surface area (Å²) in [7, 11) is 0. The highest BCUT2D eigenvalue weighted by molar-refractivity contribution is 14.1. The Kier molecular flexibility index (Phi) is 2.18. The van der Waals surface area contributed by atoms with Crippen molar-refractivity contribution in [3.63, 3.8) is 0 Å². The first-order valence-electron chi connectivity index (χ1n) is 1.91. The molecule has 0 aromatic carbocycles. The lowest BCUT2D eigenvalue weighted by Crippen LogP contribution is -1.81. The molecule has 2 nitrogen and oxygen atoms in total. The van der Waals surface area contributed by atoms with Crippen molar-refractivity contribution in [3.8, 4) is 0 Å². The van der Waals surface area contributed by atoms with Gasteiger partial charge in [-0.3, -0.25) is 0 Å². The Morgan fingerprint density at radius 1 is 1.62 bits per heavy atom. The SMILES string of the molecule is Brc1cncnc1I. The third-order valence-corrected chi connectivity index (χ3v) is 2.80. The molecule has 0 bridgehead atoms. The maximum absolute atomic E-state index is 3.91. The summed E-state index contributed by atoms with van der Waals surface area (Å²) in [5.74, 6) is 0. The van der Waals surface area contributed by atoms with E-state index in [4.69, 9.17) is 0 Å². The first-order valence-corrected chi connectivity index (χ1v) is 3.79. The van der Waals surface area contributed by atoms with Crippen LogP contribution in [-0.4, -0.2) is 9.97 Å². The molecule has 0 N–H and O–H groups in total. The van der Waals surface area contributed by atoms with Gasteiger partial charge in [-0.05, 0) is 38.5 Å². The van der Waals surface area contributed by atoms with Crippen molar-refractivity contribution in [2.45, 2.75) is 0 Å². The Bertz CT molecular complexity index is 170. The van der Waals surface area contributed by atoms with Crippen molar-refractivity contribution in [1.82, 2.24) is 9.97 Å². The molecule has 1 heterocycles. The third-order valence-electron chi connectivity index (χ3n) is 0.623. The van der Waals surface area contributed by atoms with E-state index in [2.05, 4.69) is 48.5 Å². The molecule has 0 atom stereocenters. The summed E-state index contributed by atoms with van der Waals surface area (Å²) in [6, 6.07) is 0. The van der Waals surface area contributed by atoms with Crippen LogP contribution in [0.15, 0.2) is 17.0 Å². The zero-order valence-corrected chi connectivity index (χ0v) is 7.55. The van der Waals surface area contributed by atoms with Gasteiger partial charge >= 0.3 is 0 Å². The Morgan fingerprint density at radius 3 is 2.75 bits per heavy atom. The molecule has 0 unspecified atom stereocenters. The fourth-order valence-corrected chi connectivity index (χ4v) is 0.782. The van der Waals surface area contributed by atoms with Gasteiger partial charge in [-0.25, -0.2) is 9.97 Å². The van der Waals surface area contributed by atoms with Crippen molar-refractivity contribution in [3.05, 3.63) is 20.7 Å². The minimum Gasteiger partial charge on any atom is -0.244 e. The molecule has 1 aromatic heterocycles. The van der Waals surface area contributed by atoms with Crippen LogP contribution in [0.5, 0.6) is 0 Å². The van der Waals surface area contributed by atoms with Gasteiger partial charge in [0.05, 0.1) is 4.47 Å². The van der Waals surface area contributed by atoms with E-state index >= 15 is 0 Å². The molecule has 0 spiro atoms. The minimum atomic E-state index is 0.942. The number of hydrogen-bond donors (Lipinski definition) is 0. The molecule has 8 heavy (non-hydrogen) atoms. The highest BCUT2D eigenvalue weighted by Crippen LogP contribution is 2.12. The van der Waals surface area contributed by atoms with Gasteiger partial charge in [-0.15, -0.1) is 0 Å². The molecule has 42 valence electrons. The molecule has 0 amide bonds. The first kappa shape index (κ1) is 6.41. The van der Waals surface area contributed by atoms with Crippen molar-refractivity contribution < 1.29 is 0 Å². The molecular formula is C4H2BrIN2. The highest BCUT2D eigenvalue weighted by atomic mass is 127. The van der Waals surface area contributed by atoms with Gasteiger partial charge < -0.3 is 0 Å². The van der Waals surface area contributed by atoms with Crippen LogP contribution in [0, 0.1) is 3.70 Å². The van der Waals surface area contributed by atoms with Gasteiger partial charge in [0.1, 0.15) is 10.0 Å². The second-order valence-electron chi connectivity index (χ2n) is 1.16. The molecule has 0 radical (unpaired) electrons. The van der Waals surface area contributed by atoms with Crippen molar-refractivity contribution in [2.24, 2.45) is 0 Å². The lowest BCUT2D eigenvalue weighted by molar-refractivity contribution is 1.12. The monoisotopic (exact) mass is 284 g/mol. The quantitative estimate of drug-likeness (QED) is 0.537. The average molecular weight is 285 g/mol. The van der Waals surface area contributed by atoms with Gasteiger partial charge in [0, 0.05) is 6.20 Å². The lowest BCUT2D eigenvalue weighted by Gasteiger charge is -1.87. The van der Waals surface area contributed by atoms with E-state index in [9.17, 15) is 0 Å². The van der Waals surface area contributed by atoms with Gasteiger partial charge in [0.25, 0.3) is 0 Å². The van der Waals surface area contributed by atoms with Gasteiger partial charge in [-0.2, -0.15) is 0 Å². The fraction of sp³-hybridized carbons (Fsp3) is 0. The Hall–Kier alpha value is 0.290. The van der Waals surface area contributed by atoms with Crippen LogP contribution in [0.3, 0.4) is 0 Å². The largest absolute Gasteiger partial charge is 0.244 e. The van der Waals surface area contributed by atoms with E-state index in [0.29, 0.717) is 0 Å². The van der Waals surface area contributed by atoms with Crippen LogP contribution in [0.1, 0.15) is 0 Å². The smallest absolute Gasteiger partial charge is 0.118 e. The number of aromatic nitrogens is 2.